The summed E-state index contributed by atoms with van der Waals surface area (Å²) in [6.07, 6.45) is -5.42. The average molecular weight is 622 g/mol. The molecular weight excluding hydrogens is 591 g/mol. The van der Waals surface area contributed by atoms with Crippen LogP contribution in [-0.2, 0) is 25.7 Å². The van der Waals surface area contributed by atoms with Crippen LogP contribution in [0.1, 0.15) is 31.9 Å². The molecule has 1 aromatic carbocycles. The highest BCUT2D eigenvalue weighted by Gasteiger charge is 2.38. The van der Waals surface area contributed by atoms with Gasteiger partial charge in [-0.3, -0.25) is 4.72 Å². The fourth-order valence-electron chi connectivity index (χ4n) is 4.45. The second-order valence-electron chi connectivity index (χ2n) is 10.8. The number of carboxylic acid groups (broad SMARTS) is 1. The maximum absolute atomic E-state index is 13.8. The molecule has 0 saturated carbocycles. The van der Waals surface area contributed by atoms with E-state index in [0.717, 1.165) is 18.2 Å². The Morgan fingerprint density at radius 2 is 1.70 bits per heavy atom. The molecule has 43 heavy (non-hydrogen) atoms. The molecule has 4 rings (SSSR count). The molecule has 1 aliphatic rings. The highest BCUT2D eigenvalue weighted by Crippen LogP contribution is 2.38. The van der Waals surface area contributed by atoms with Gasteiger partial charge in [0.25, 0.3) is 10.0 Å². The molecule has 0 radical (unpaired) electrons. The van der Waals surface area contributed by atoms with Gasteiger partial charge in [-0.25, -0.2) is 19.6 Å². The highest BCUT2D eigenvalue weighted by atomic mass is 32.2. The van der Waals surface area contributed by atoms with E-state index in [9.17, 15) is 36.3 Å². The van der Waals surface area contributed by atoms with Gasteiger partial charge in [0.2, 0.25) is 0 Å². The van der Waals surface area contributed by atoms with Crippen LogP contribution in [-0.4, -0.2) is 71.7 Å². The number of halogens is 3. The van der Waals surface area contributed by atoms with Crippen molar-refractivity contribution in [3.63, 3.8) is 0 Å². The van der Waals surface area contributed by atoms with Gasteiger partial charge < -0.3 is 19.6 Å². The number of carboxylic acids is 1. The smallest absolute Gasteiger partial charge is 0.418 e. The fourth-order valence-corrected chi connectivity index (χ4v) is 5.42. The summed E-state index contributed by atoms with van der Waals surface area (Å²) in [5, 5.41) is 9.37. The number of carbonyl (C=O) groups is 2. The van der Waals surface area contributed by atoms with Crippen molar-refractivity contribution < 1.29 is 41.0 Å². The maximum Gasteiger partial charge on any atom is 0.418 e. The normalized spacial score (nSPS) is 16.1. The monoisotopic (exact) mass is 621 g/mol. The summed E-state index contributed by atoms with van der Waals surface area (Å²) in [5.41, 5.74) is -1.57. The number of aliphatic carboxylic acids is 1. The summed E-state index contributed by atoms with van der Waals surface area (Å²) in [6.45, 7) is 6.53. The number of anilines is 2. The third-order valence-electron chi connectivity index (χ3n) is 6.44. The van der Waals surface area contributed by atoms with Crippen molar-refractivity contribution in [2.24, 2.45) is 0 Å². The van der Waals surface area contributed by atoms with Gasteiger partial charge in [0.15, 0.2) is 5.03 Å². The molecule has 0 unspecified atom stereocenters. The molecule has 0 aliphatic carbocycles. The number of aryl methyl sites for hydroxylation is 1. The van der Waals surface area contributed by atoms with E-state index in [1.54, 1.807) is 45.9 Å². The Morgan fingerprint density at radius 1 is 1.00 bits per heavy atom. The number of nitrogens with one attached hydrogen (secondary N) is 1. The molecule has 0 spiro atoms. The van der Waals surface area contributed by atoms with Crippen LogP contribution in [0, 0.1) is 6.92 Å². The van der Waals surface area contributed by atoms with Gasteiger partial charge >= 0.3 is 18.2 Å². The lowest BCUT2D eigenvalue weighted by Crippen LogP contribution is -2.58. The third kappa shape index (κ3) is 7.34. The van der Waals surface area contributed by atoms with Crippen molar-refractivity contribution in [1.82, 2.24) is 14.9 Å². The Bertz CT molecular complexity index is 1640. The number of hydrogen-bond acceptors (Lipinski definition) is 8. The minimum absolute atomic E-state index is 0.0140. The Labute approximate surface area is 246 Å². The molecule has 230 valence electrons. The quantitative estimate of drug-likeness (QED) is 0.398. The largest absolute Gasteiger partial charge is 0.480 e. The molecule has 0 bridgehead atoms. The summed E-state index contributed by atoms with van der Waals surface area (Å²) in [4.78, 5) is 35.4. The number of carbonyl (C=O) groups excluding carboxylic acids is 1. The Hall–Kier alpha value is -4.40. The predicted octanol–water partition coefficient (Wildman–Crippen LogP) is 4.78. The third-order valence-corrected chi connectivity index (χ3v) is 7.69. The lowest BCUT2D eigenvalue weighted by atomic mass is 10.0. The van der Waals surface area contributed by atoms with Gasteiger partial charge in [0.05, 0.1) is 17.8 Å². The second kappa shape index (κ2) is 11.7. The first kappa shape index (κ1) is 31.5. The number of benzene rings is 1. The van der Waals surface area contributed by atoms with Crippen LogP contribution in [0.3, 0.4) is 0 Å². The van der Waals surface area contributed by atoms with E-state index in [1.807, 2.05) is 0 Å². The van der Waals surface area contributed by atoms with E-state index >= 15 is 0 Å². The van der Waals surface area contributed by atoms with Gasteiger partial charge in [0, 0.05) is 18.7 Å². The zero-order valence-corrected chi connectivity index (χ0v) is 24.5. The number of nitrogens with zero attached hydrogens (tertiary/aromatic N) is 4. The van der Waals surface area contributed by atoms with Gasteiger partial charge in [-0.15, -0.1) is 0 Å². The maximum atomic E-state index is 13.8. The summed E-state index contributed by atoms with van der Waals surface area (Å²) in [6, 6.07) is 10.6. The van der Waals surface area contributed by atoms with E-state index in [1.165, 1.54) is 28.0 Å². The first-order valence-electron chi connectivity index (χ1n) is 13.1. The lowest BCUT2D eigenvalue weighted by molar-refractivity contribution is -0.139. The number of amides is 1. The number of sulfonamides is 1. The second-order valence-corrected chi connectivity index (χ2v) is 12.4. The number of ether oxygens (including phenoxy) is 1. The molecule has 1 fully saturated rings. The van der Waals surface area contributed by atoms with Crippen molar-refractivity contribution in [2.45, 2.75) is 50.5 Å². The van der Waals surface area contributed by atoms with Gasteiger partial charge in [-0.05, 0) is 57.5 Å². The summed E-state index contributed by atoms with van der Waals surface area (Å²) in [5.74, 6) is -1.62. The Morgan fingerprint density at radius 3 is 2.33 bits per heavy atom. The SMILES string of the molecule is Cc1ccccc1-c1nc(NS(=O)(=O)c2cccc(N3CCN(C(=O)OC(C)(C)C)C[C@H]3C(=O)O)n2)ccc1C(F)(F)F. The van der Waals surface area contributed by atoms with Crippen molar-refractivity contribution in [2.75, 3.05) is 29.3 Å². The topological polar surface area (TPSA) is 142 Å². The number of alkyl halides is 3. The molecule has 3 aromatic rings. The lowest BCUT2D eigenvalue weighted by Gasteiger charge is -2.40. The summed E-state index contributed by atoms with van der Waals surface area (Å²) in [7, 11) is -4.48. The van der Waals surface area contributed by atoms with Crippen molar-refractivity contribution >= 4 is 33.7 Å². The number of rotatable bonds is 6. The number of piperazine rings is 1. The van der Waals surface area contributed by atoms with Gasteiger partial charge in [-0.2, -0.15) is 21.6 Å². The van der Waals surface area contributed by atoms with Gasteiger partial charge in [-0.1, -0.05) is 30.3 Å². The molecule has 2 N–H and O–H groups in total. The van der Waals surface area contributed by atoms with E-state index in [-0.39, 0.29) is 36.8 Å². The average Bonchev–Trinajstić information content (AvgIpc) is 2.91. The highest BCUT2D eigenvalue weighted by molar-refractivity contribution is 7.92. The first-order chi connectivity index (χ1) is 20.0. The minimum Gasteiger partial charge on any atom is -0.480 e. The molecule has 3 heterocycles. The first-order valence-corrected chi connectivity index (χ1v) is 14.6. The molecule has 15 heteroatoms. The van der Waals surface area contributed by atoms with Crippen LogP contribution in [0.5, 0.6) is 0 Å². The van der Waals surface area contributed by atoms with Crippen LogP contribution in [0.25, 0.3) is 11.3 Å². The van der Waals surface area contributed by atoms with E-state index in [4.69, 9.17) is 4.74 Å². The standard InChI is InChI=1S/C28H30F3N5O6S/c1-17-8-5-6-9-18(17)24-19(28(29,30)31)12-13-21(32-24)34-43(40,41)23-11-7-10-22(33-23)36-15-14-35(16-20(36)25(37)38)26(39)42-27(2,3)4/h5-13,20H,14-16H2,1-4H3,(H,32,34)(H,37,38)/t20-/m0/s1. The number of hydrogen-bond donors (Lipinski definition) is 2. The van der Waals surface area contributed by atoms with E-state index in [2.05, 4.69) is 14.7 Å². The summed E-state index contributed by atoms with van der Waals surface area (Å²) >= 11 is 0. The van der Waals surface area contributed by atoms with Crippen molar-refractivity contribution in [3.8, 4) is 11.3 Å². The Balaban J connectivity index is 1.62. The molecule has 11 nitrogen and oxygen atoms in total. The molecule has 1 atom stereocenters. The molecule has 1 saturated heterocycles. The van der Waals surface area contributed by atoms with Gasteiger partial charge in [0.1, 0.15) is 23.3 Å². The van der Waals surface area contributed by atoms with Crippen LogP contribution in [0.2, 0.25) is 0 Å². The van der Waals surface area contributed by atoms with Crippen molar-refractivity contribution in [1.29, 1.82) is 0 Å². The van der Waals surface area contributed by atoms with E-state index in [0.29, 0.717) is 5.56 Å². The van der Waals surface area contributed by atoms with Crippen molar-refractivity contribution in [3.05, 3.63) is 65.7 Å². The fraction of sp³-hybridized carbons (Fsp3) is 0.357. The number of pyridine rings is 2. The Kier molecular flexibility index (Phi) is 8.58. The molecule has 2 aromatic heterocycles. The van der Waals surface area contributed by atoms with Crippen LogP contribution in [0.4, 0.5) is 29.6 Å². The zero-order chi connectivity index (χ0) is 31.7. The van der Waals surface area contributed by atoms with Crippen LogP contribution < -0.4 is 9.62 Å². The summed E-state index contributed by atoms with van der Waals surface area (Å²) < 4.78 is 75.4. The predicted molar refractivity (Wildman–Crippen MR) is 151 cm³/mol. The van der Waals surface area contributed by atoms with Crippen LogP contribution >= 0.6 is 0 Å². The molecule has 1 aliphatic heterocycles. The minimum atomic E-state index is -4.74. The zero-order valence-electron chi connectivity index (χ0n) is 23.7. The van der Waals surface area contributed by atoms with Crippen LogP contribution in [0.15, 0.2) is 59.6 Å². The molecular formula is C28H30F3N5O6S. The van der Waals surface area contributed by atoms with E-state index < -0.39 is 56.2 Å². The molecule has 1 amide bonds. The number of aromatic nitrogens is 2.